The highest BCUT2D eigenvalue weighted by molar-refractivity contribution is 5.93. The second-order valence-electron chi connectivity index (χ2n) is 5.72. The molecule has 1 atom stereocenters. The van der Waals surface area contributed by atoms with E-state index in [1.807, 2.05) is 32.9 Å². The van der Waals surface area contributed by atoms with E-state index in [2.05, 4.69) is 20.3 Å². The van der Waals surface area contributed by atoms with Crippen LogP contribution < -0.4 is 5.32 Å². The molecule has 0 unspecified atom stereocenters. The van der Waals surface area contributed by atoms with Crippen LogP contribution in [-0.4, -0.2) is 38.8 Å². The van der Waals surface area contributed by atoms with Gasteiger partial charge in [-0.2, -0.15) is 0 Å². The molecule has 2 aromatic rings. The first-order valence-electron chi connectivity index (χ1n) is 7.78. The van der Waals surface area contributed by atoms with Crippen molar-refractivity contribution in [2.45, 2.75) is 39.3 Å². The van der Waals surface area contributed by atoms with E-state index in [0.717, 1.165) is 12.0 Å². The Labute approximate surface area is 137 Å². The average Bonchev–Trinajstić information content (AvgIpc) is 2.56. The van der Waals surface area contributed by atoms with Crippen LogP contribution >= 0.6 is 0 Å². The lowest BCUT2D eigenvalue weighted by Crippen LogP contribution is -2.31. The number of nitrogens with one attached hydrogen (secondary N) is 1. The molecule has 2 aromatic heterocycles. The largest absolute Gasteiger partial charge is 0.352 e. The highest BCUT2D eigenvalue weighted by Gasteiger charge is 2.22. The summed E-state index contributed by atoms with van der Waals surface area (Å²) in [6.07, 6.45) is 7.46. The molecule has 0 bridgehead atoms. The van der Waals surface area contributed by atoms with Crippen LogP contribution in [0.2, 0.25) is 0 Å². The molecule has 1 N–H and O–H groups in total. The molecule has 0 aliphatic rings. The molecule has 6 heteroatoms. The number of hydrogen-bond acceptors (Lipinski definition) is 5. The summed E-state index contributed by atoms with van der Waals surface area (Å²) in [5, 5.41) is 3.10. The maximum Gasteiger partial charge on any atom is 0.257 e. The van der Waals surface area contributed by atoms with Crippen LogP contribution in [0.1, 0.15) is 49.2 Å². The summed E-state index contributed by atoms with van der Waals surface area (Å²) >= 11 is 0. The van der Waals surface area contributed by atoms with Crippen LogP contribution in [-0.2, 0) is 0 Å². The quantitative estimate of drug-likeness (QED) is 0.888. The van der Waals surface area contributed by atoms with Crippen molar-refractivity contribution in [1.82, 2.24) is 19.9 Å². The van der Waals surface area contributed by atoms with Crippen molar-refractivity contribution in [3.63, 3.8) is 0 Å². The van der Waals surface area contributed by atoms with Crippen molar-refractivity contribution >= 4 is 11.9 Å². The van der Waals surface area contributed by atoms with Gasteiger partial charge in [-0.15, -0.1) is 0 Å². The fraction of sp³-hybridized carbons (Fsp3) is 0.412. The summed E-state index contributed by atoms with van der Waals surface area (Å²) in [7, 11) is 1.80. The number of carbonyl (C=O) groups excluding carboxylic acids is 1. The van der Waals surface area contributed by atoms with Crippen molar-refractivity contribution in [2.24, 2.45) is 0 Å². The second-order valence-corrected chi connectivity index (χ2v) is 5.72. The van der Waals surface area contributed by atoms with Gasteiger partial charge in [-0.05, 0) is 31.9 Å². The van der Waals surface area contributed by atoms with Crippen LogP contribution in [0.25, 0.3) is 0 Å². The Hall–Kier alpha value is -2.50. The van der Waals surface area contributed by atoms with E-state index in [-0.39, 0.29) is 18.0 Å². The number of anilines is 1. The summed E-state index contributed by atoms with van der Waals surface area (Å²) < 4.78 is 0. The van der Waals surface area contributed by atoms with Gasteiger partial charge in [-0.1, -0.05) is 13.0 Å². The summed E-state index contributed by atoms with van der Waals surface area (Å²) in [4.78, 5) is 26.9. The van der Waals surface area contributed by atoms with Crippen molar-refractivity contribution in [1.29, 1.82) is 0 Å². The number of rotatable bonds is 6. The molecule has 0 aromatic carbocycles. The minimum Gasteiger partial charge on any atom is -0.352 e. The lowest BCUT2D eigenvalue weighted by molar-refractivity contribution is 0.0725. The van der Waals surface area contributed by atoms with Crippen molar-refractivity contribution in [3.8, 4) is 0 Å². The maximum atomic E-state index is 12.7. The summed E-state index contributed by atoms with van der Waals surface area (Å²) in [5.41, 5.74) is 1.49. The minimum atomic E-state index is -0.100. The van der Waals surface area contributed by atoms with Gasteiger partial charge in [-0.3, -0.25) is 9.78 Å². The smallest absolute Gasteiger partial charge is 0.257 e. The number of amides is 1. The van der Waals surface area contributed by atoms with Gasteiger partial charge in [0.15, 0.2) is 0 Å². The second kappa shape index (κ2) is 7.67. The van der Waals surface area contributed by atoms with E-state index < -0.39 is 0 Å². The van der Waals surface area contributed by atoms with Crippen LogP contribution in [0.5, 0.6) is 0 Å². The first-order chi connectivity index (χ1) is 11.0. The molecule has 6 nitrogen and oxygen atoms in total. The predicted octanol–water partition coefficient (Wildman–Crippen LogP) is 2.92. The van der Waals surface area contributed by atoms with Crippen LogP contribution in [0.15, 0.2) is 36.9 Å². The Morgan fingerprint density at radius 3 is 2.48 bits per heavy atom. The number of hydrogen-bond donors (Lipinski definition) is 1. The SMILES string of the molecule is CC[C@H](c1cccnc1)N(C)C(=O)c1cnc(NC(C)C)nc1. The minimum absolute atomic E-state index is 0.0235. The zero-order chi connectivity index (χ0) is 16.8. The van der Waals surface area contributed by atoms with E-state index in [1.165, 1.54) is 0 Å². The first kappa shape index (κ1) is 16.9. The van der Waals surface area contributed by atoms with Crippen LogP contribution in [0, 0.1) is 0 Å². The van der Waals surface area contributed by atoms with E-state index in [0.29, 0.717) is 11.5 Å². The van der Waals surface area contributed by atoms with Crippen LogP contribution in [0.4, 0.5) is 5.95 Å². The summed E-state index contributed by atoms with van der Waals surface area (Å²) in [6, 6.07) is 4.09. The molecule has 2 heterocycles. The van der Waals surface area contributed by atoms with Gasteiger partial charge in [0.2, 0.25) is 5.95 Å². The molecule has 1 amide bonds. The molecule has 0 saturated carbocycles. The van der Waals surface area contributed by atoms with Crippen molar-refractivity contribution < 1.29 is 4.79 Å². The Morgan fingerprint density at radius 1 is 1.26 bits per heavy atom. The average molecular weight is 313 g/mol. The Kier molecular flexibility index (Phi) is 5.62. The molecule has 122 valence electrons. The van der Waals surface area contributed by atoms with Gasteiger partial charge in [-0.25, -0.2) is 9.97 Å². The highest BCUT2D eigenvalue weighted by atomic mass is 16.2. The standard InChI is InChI=1S/C17H23N5O/c1-5-15(13-7-6-8-18-9-13)22(4)16(23)14-10-19-17(20-11-14)21-12(2)3/h6-12,15H,5H2,1-4H3,(H,19,20,21)/t15-/m1/s1. The number of carbonyl (C=O) groups is 1. The number of aromatic nitrogens is 3. The fourth-order valence-corrected chi connectivity index (χ4v) is 2.42. The van der Waals surface area contributed by atoms with Gasteiger partial charge in [0.25, 0.3) is 5.91 Å². The normalized spacial score (nSPS) is 12.0. The third kappa shape index (κ3) is 4.25. The van der Waals surface area contributed by atoms with E-state index in [9.17, 15) is 4.79 Å². The molecular weight excluding hydrogens is 290 g/mol. The molecule has 0 radical (unpaired) electrons. The molecule has 0 aliphatic heterocycles. The summed E-state index contributed by atoms with van der Waals surface area (Å²) in [5.74, 6) is 0.426. The van der Waals surface area contributed by atoms with Gasteiger partial charge in [0, 0.05) is 37.9 Å². The predicted molar refractivity (Wildman–Crippen MR) is 90.2 cm³/mol. The molecule has 0 saturated heterocycles. The van der Waals surface area contributed by atoms with Crippen molar-refractivity contribution in [3.05, 3.63) is 48.0 Å². The van der Waals surface area contributed by atoms with Gasteiger partial charge in [0.1, 0.15) is 0 Å². The first-order valence-corrected chi connectivity index (χ1v) is 7.78. The third-order valence-corrected chi connectivity index (χ3v) is 3.56. The molecule has 23 heavy (non-hydrogen) atoms. The summed E-state index contributed by atoms with van der Waals surface area (Å²) in [6.45, 7) is 6.07. The van der Waals surface area contributed by atoms with Gasteiger partial charge < -0.3 is 10.2 Å². The van der Waals surface area contributed by atoms with Gasteiger partial charge in [0.05, 0.1) is 11.6 Å². The topological polar surface area (TPSA) is 71.0 Å². The van der Waals surface area contributed by atoms with E-state index in [1.54, 1.807) is 36.7 Å². The van der Waals surface area contributed by atoms with E-state index in [4.69, 9.17) is 0 Å². The van der Waals surface area contributed by atoms with E-state index >= 15 is 0 Å². The van der Waals surface area contributed by atoms with Crippen LogP contribution in [0.3, 0.4) is 0 Å². The number of nitrogens with zero attached hydrogens (tertiary/aromatic N) is 4. The Morgan fingerprint density at radius 2 is 1.96 bits per heavy atom. The lowest BCUT2D eigenvalue weighted by Gasteiger charge is -2.27. The fourth-order valence-electron chi connectivity index (χ4n) is 2.42. The zero-order valence-corrected chi connectivity index (χ0v) is 14.0. The highest BCUT2D eigenvalue weighted by Crippen LogP contribution is 2.23. The Bertz CT molecular complexity index is 627. The number of pyridine rings is 1. The van der Waals surface area contributed by atoms with Gasteiger partial charge >= 0.3 is 0 Å². The monoisotopic (exact) mass is 313 g/mol. The zero-order valence-electron chi connectivity index (χ0n) is 14.0. The molecule has 2 rings (SSSR count). The molecule has 0 spiro atoms. The van der Waals surface area contributed by atoms with Crippen molar-refractivity contribution in [2.75, 3.05) is 12.4 Å². The molecule has 0 fully saturated rings. The Balaban J connectivity index is 2.15. The lowest BCUT2D eigenvalue weighted by atomic mass is 10.0. The molecule has 0 aliphatic carbocycles. The molecular formula is C17H23N5O. The maximum absolute atomic E-state index is 12.7. The third-order valence-electron chi connectivity index (χ3n) is 3.56.